The van der Waals surface area contributed by atoms with E-state index in [0.717, 1.165) is 9.13 Å². The number of benzene rings is 1. The zero-order valence-corrected chi connectivity index (χ0v) is 12.1. The summed E-state index contributed by atoms with van der Waals surface area (Å²) in [4.78, 5) is 36.7. The number of hydrogen-bond acceptors (Lipinski definition) is 4. The summed E-state index contributed by atoms with van der Waals surface area (Å²) in [5, 5.41) is 10.8. The molecule has 20 heavy (non-hydrogen) atoms. The molecule has 0 saturated carbocycles. The van der Waals surface area contributed by atoms with Crippen molar-refractivity contribution in [2.24, 2.45) is 0 Å². The average Bonchev–Trinajstić information content (AvgIpc) is 2.35. The first-order chi connectivity index (χ1) is 9.47. The molecule has 1 aromatic carbocycles. The molecule has 1 aromatic heterocycles. The Hall–Kier alpha value is -2.23. The molecule has 2 rings (SSSR count). The molecule has 7 nitrogen and oxygen atoms in total. The van der Waals surface area contributed by atoms with Crippen LogP contribution in [0.3, 0.4) is 0 Å². The zero-order chi connectivity index (χ0) is 14.7. The third-order valence-corrected chi connectivity index (χ3v) is 3.09. The Morgan fingerprint density at radius 2 is 1.95 bits per heavy atom. The summed E-state index contributed by atoms with van der Waals surface area (Å²) in [6, 6.07) is 7.38. The van der Waals surface area contributed by atoms with Gasteiger partial charge in [0, 0.05) is 3.57 Å². The van der Waals surface area contributed by atoms with Gasteiger partial charge in [-0.1, -0.05) is 18.2 Å². The summed E-state index contributed by atoms with van der Waals surface area (Å²) in [5.74, 6) is 0. The minimum Gasteiger partial charge on any atom is -0.301 e. The van der Waals surface area contributed by atoms with Crippen LogP contribution in [0.1, 0.15) is 11.3 Å². The van der Waals surface area contributed by atoms with Crippen molar-refractivity contribution in [1.82, 2.24) is 9.97 Å². The number of hydrogen-bond donors (Lipinski definition) is 2. The van der Waals surface area contributed by atoms with E-state index in [2.05, 4.69) is 27.6 Å². The highest BCUT2D eigenvalue weighted by molar-refractivity contribution is 14.1. The van der Waals surface area contributed by atoms with Gasteiger partial charge in [0.15, 0.2) is 0 Å². The molecule has 0 aliphatic heterocycles. The van der Waals surface area contributed by atoms with Gasteiger partial charge < -0.3 is 4.98 Å². The third-order valence-electron chi connectivity index (χ3n) is 2.42. The molecule has 0 spiro atoms. The number of H-pyrrole nitrogens is 2. The highest BCUT2D eigenvalue weighted by atomic mass is 127. The molecular weight excluding hydrogens is 377 g/mol. The summed E-state index contributed by atoms with van der Waals surface area (Å²) >= 11 is 2.13. The van der Waals surface area contributed by atoms with Crippen molar-refractivity contribution in [3.63, 3.8) is 0 Å². The van der Waals surface area contributed by atoms with Crippen LogP contribution in [0.2, 0.25) is 0 Å². The molecule has 0 radical (unpaired) electrons. The quantitative estimate of drug-likeness (QED) is 0.477. The Kier molecular flexibility index (Phi) is 4.13. The molecule has 8 heteroatoms. The maximum absolute atomic E-state index is 11.4. The third kappa shape index (κ3) is 3.20. The van der Waals surface area contributed by atoms with E-state index < -0.39 is 21.9 Å². The Bertz CT molecular complexity index is 807. The normalized spacial score (nSPS) is 10.8. The van der Waals surface area contributed by atoms with Gasteiger partial charge in [-0.15, -0.1) is 0 Å². The summed E-state index contributed by atoms with van der Waals surface area (Å²) < 4.78 is 0.999. The highest BCUT2D eigenvalue weighted by Gasteiger charge is 2.18. The van der Waals surface area contributed by atoms with Crippen LogP contribution < -0.4 is 11.2 Å². The lowest BCUT2D eigenvalue weighted by Crippen LogP contribution is -2.25. The Labute approximate surface area is 125 Å². The molecule has 0 fully saturated rings. The Balaban J connectivity index is 2.51. The van der Waals surface area contributed by atoms with Crippen molar-refractivity contribution in [3.05, 3.63) is 70.0 Å². The second-order valence-corrected chi connectivity index (χ2v) is 5.06. The first kappa shape index (κ1) is 14.2. The minimum atomic E-state index is -1.03. The van der Waals surface area contributed by atoms with Crippen LogP contribution in [-0.4, -0.2) is 14.9 Å². The maximum Gasteiger partial charge on any atom is 0.357 e. The number of halogens is 1. The summed E-state index contributed by atoms with van der Waals surface area (Å²) in [6.07, 6.45) is 2.92. The van der Waals surface area contributed by atoms with Crippen LogP contribution in [0.4, 0.5) is 5.69 Å². The van der Waals surface area contributed by atoms with Crippen LogP contribution in [0.25, 0.3) is 12.2 Å². The Morgan fingerprint density at radius 1 is 1.20 bits per heavy atom. The number of nitrogens with zero attached hydrogens (tertiary/aromatic N) is 1. The van der Waals surface area contributed by atoms with E-state index in [1.165, 1.54) is 6.08 Å². The van der Waals surface area contributed by atoms with Gasteiger partial charge in [-0.25, -0.2) is 4.79 Å². The predicted molar refractivity (Wildman–Crippen MR) is 82.4 cm³/mol. The van der Waals surface area contributed by atoms with Gasteiger partial charge in [-0.05, 0) is 46.4 Å². The lowest BCUT2D eigenvalue weighted by atomic mass is 10.2. The fraction of sp³-hybridized carbons (Fsp3) is 0. The largest absolute Gasteiger partial charge is 0.357 e. The fourth-order valence-electron chi connectivity index (χ4n) is 1.59. The van der Waals surface area contributed by atoms with E-state index in [4.69, 9.17) is 0 Å². The average molecular weight is 385 g/mol. The SMILES string of the molecule is O=c1[nH]c(/C=C/c2cccc(I)c2)c([N+](=O)[O-])c(=O)[nH]1. The summed E-state index contributed by atoms with van der Waals surface area (Å²) in [5.41, 5.74) is -1.84. The number of nitro groups is 1. The topological polar surface area (TPSA) is 109 Å². The van der Waals surface area contributed by atoms with E-state index in [1.54, 1.807) is 12.1 Å². The van der Waals surface area contributed by atoms with Crippen molar-refractivity contribution in [1.29, 1.82) is 0 Å². The van der Waals surface area contributed by atoms with Gasteiger partial charge in [-0.2, -0.15) is 0 Å². The van der Waals surface area contributed by atoms with Gasteiger partial charge in [0.2, 0.25) is 0 Å². The molecule has 1 heterocycles. The lowest BCUT2D eigenvalue weighted by Gasteiger charge is -1.97. The molecule has 0 amide bonds. The van der Waals surface area contributed by atoms with Gasteiger partial charge in [0.1, 0.15) is 5.69 Å². The maximum atomic E-state index is 11.4. The molecule has 2 N–H and O–H groups in total. The Morgan fingerprint density at radius 3 is 2.60 bits per heavy atom. The fourth-order valence-corrected chi connectivity index (χ4v) is 2.16. The summed E-state index contributed by atoms with van der Waals surface area (Å²) in [7, 11) is 0. The molecule has 0 atom stereocenters. The van der Waals surface area contributed by atoms with Crippen LogP contribution in [0, 0.1) is 13.7 Å². The van der Waals surface area contributed by atoms with E-state index >= 15 is 0 Å². The predicted octanol–water partition coefficient (Wildman–Crippen LogP) is 1.75. The van der Waals surface area contributed by atoms with Crippen molar-refractivity contribution < 1.29 is 4.92 Å². The van der Waals surface area contributed by atoms with E-state index in [-0.39, 0.29) is 5.69 Å². The second kappa shape index (κ2) is 5.82. The molecule has 0 aliphatic carbocycles. The lowest BCUT2D eigenvalue weighted by molar-refractivity contribution is -0.386. The van der Waals surface area contributed by atoms with Crippen LogP contribution >= 0.6 is 22.6 Å². The molecule has 0 aliphatic rings. The molecule has 0 unspecified atom stereocenters. The molecular formula is C12H8IN3O4. The van der Waals surface area contributed by atoms with E-state index in [0.29, 0.717) is 0 Å². The van der Waals surface area contributed by atoms with Crippen molar-refractivity contribution in [2.75, 3.05) is 0 Å². The van der Waals surface area contributed by atoms with Crippen LogP contribution in [0.5, 0.6) is 0 Å². The molecule has 0 saturated heterocycles. The van der Waals surface area contributed by atoms with Gasteiger partial charge in [0.05, 0.1) is 4.92 Å². The van der Waals surface area contributed by atoms with Gasteiger partial charge in [0.25, 0.3) is 0 Å². The smallest absolute Gasteiger partial charge is 0.301 e. The van der Waals surface area contributed by atoms with Crippen LogP contribution in [-0.2, 0) is 0 Å². The monoisotopic (exact) mass is 385 g/mol. The van der Waals surface area contributed by atoms with Crippen molar-refractivity contribution >= 4 is 40.4 Å². The molecule has 102 valence electrons. The molecule has 0 bridgehead atoms. The second-order valence-electron chi connectivity index (χ2n) is 3.82. The van der Waals surface area contributed by atoms with Crippen molar-refractivity contribution in [3.8, 4) is 0 Å². The van der Waals surface area contributed by atoms with Gasteiger partial charge in [-0.3, -0.25) is 19.9 Å². The van der Waals surface area contributed by atoms with Crippen molar-refractivity contribution in [2.45, 2.75) is 0 Å². The first-order valence-electron chi connectivity index (χ1n) is 5.42. The summed E-state index contributed by atoms with van der Waals surface area (Å²) in [6.45, 7) is 0. The zero-order valence-electron chi connectivity index (χ0n) is 9.92. The highest BCUT2D eigenvalue weighted by Crippen LogP contribution is 2.14. The van der Waals surface area contributed by atoms with E-state index in [9.17, 15) is 19.7 Å². The first-order valence-corrected chi connectivity index (χ1v) is 6.50. The van der Waals surface area contributed by atoms with Gasteiger partial charge >= 0.3 is 16.9 Å². The number of rotatable bonds is 3. The standard InChI is InChI=1S/C12H8IN3O4/c13-8-3-1-2-7(6-8)4-5-9-10(16(19)20)11(17)15-12(18)14-9/h1-6H,(H2,14,15,17,18)/b5-4+. The number of nitrogens with one attached hydrogen (secondary N) is 2. The minimum absolute atomic E-state index is 0.136. The number of aromatic nitrogens is 2. The molecule has 2 aromatic rings. The number of aromatic amines is 2. The van der Waals surface area contributed by atoms with E-state index in [1.807, 2.05) is 23.2 Å². The van der Waals surface area contributed by atoms with Crippen LogP contribution in [0.15, 0.2) is 33.9 Å².